The zero-order valence-corrected chi connectivity index (χ0v) is 10.1. The second-order valence-electron chi connectivity index (χ2n) is 4.99. The first-order chi connectivity index (χ1) is 8.21. The van der Waals surface area contributed by atoms with Crippen LogP contribution < -0.4 is 0 Å². The molecule has 2 aliphatic heterocycles. The molecule has 0 amide bonds. The van der Waals surface area contributed by atoms with Crippen molar-refractivity contribution < 1.29 is 19.0 Å². The molecule has 2 atom stereocenters. The number of carbonyl (C=O) groups is 1. The van der Waals surface area contributed by atoms with Gasteiger partial charge < -0.3 is 14.2 Å². The van der Waals surface area contributed by atoms with Crippen LogP contribution in [0.5, 0.6) is 0 Å². The SMILES string of the molecule is CCC1OCCOC12C=CC(=O)C1(CCC1)O2. The third kappa shape index (κ3) is 1.58. The predicted molar refractivity (Wildman–Crippen MR) is 60.5 cm³/mol. The van der Waals surface area contributed by atoms with E-state index in [1.807, 2.05) is 6.92 Å². The molecule has 0 N–H and O–H groups in total. The van der Waals surface area contributed by atoms with Crippen molar-refractivity contribution in [3.05, 3.63) is 12.2 Å². The van der Waals surface area contributed by atoms with Gasteiger partial charge in [0.1, 0.15) is 11.7 Å². The Morgan fingerprint density at radius 1 is 1.41 bits per heavy atom. The fourth-order valence-electron chi connectivity index (χ4n) is 2.83. The Hall–Kier alpha value is -0.710. The van der Waals surface area contributed by atoms with Crippen LogP contribution in [0.4, 0.5) is 0 Å². The van der Waals surface area contributed by atoms with Crippen LogP contribution in [0.2, 0.25) is 0 Å². The summed E-state index contributed by atoms with van der Waals surface area (Å²) in [6.07, 6.45) is 6.72. The molecule has 0 bridgehead atoms. The molecule has 0 radical (unpaired) electrons. The van der Waals surface area contributed by atoms with E-state index in [0.29, 0.717) is 13.2 Å². The highest BCUT2D eigenvalue weighted by atomic mass is 16.7. The summed E-state index contributed by atoms with van der Waals surface area (Å²) in [5, 5.41) is 0. The lowest BCUT2D eigenvalue weighted by Gasteiger charge is -2.51. The van der Waals surface area contributed by atoms with Crippen molar-refractivity contribution >= 4 is 5.78 Å². The van der Waals surface area contributed by atoms with E-state index in [1.54, 1.807) is 12.2 Å². The number of carbonyl (C=O) groups excluding carboxylic acids is 1. The van der Waals surface area contributed by atoms with Crippen LogP contribution in [0.25, 0.3) is 0 Å². The van der Waals surface area contributed by atoms with E-state index >= 15 is 0 Å². The summed E-state index contributed by atoms with van der Waals surface area (Å²) in [6.45, 7) is 3.16. The lowest BCUT2D eigenvalue weighted by molar-refractivity contribution is -0.339. The number of rotatable bonds is 1. The first-order valence-corrected chi connectivity index (χ1v) is 6.40. The molecule has 4 nitrogen and oxygen atoms in total. The van der Waals surface area contributed by atoms with Crippen molar-refractivity contribution in [1.29, 1.82) is 0 Å². The number of hydrogen-bond donors (Lipinski definition) is 0. The zero-order chi connectivity index (χ0) is 11.9. The lowest BCUT2D eigenvalue weighted by atomic mass is 9.74. The van der Waals surface area contributed by atoms with Gasteiger partial charge in [0, 0.05) is 0 Å². The van der Waals surface area contributed by atoms with E-state index in [2.05, 4.69) is 0 Å². The van der Waals surface area contributed by atoms with Gasteiger partial charge in [0.2, 0.25) is 5.79 Å². The van der Waals surface area contributed by atoms with Crippen LogP contribution in [0.1, 0.15) is 32.6 Å². The molecule has 3 rings (SSSR count). The maximum Gasteiger partial charge on any atom is 0.216 e. The summed E-state index contributed by atoms with van der Waals surface area (Å²) < 4.78 is 17.6. The Labute approximate surface area is 101 Å². The number of hydrogen-bond acceptors (Lipinski definition) is 4. The molecular weight excluding hydrogens is 220 g/mol. The standard InChI is InChI=1S/C13H18O4/c1-2-11-13(16-9-8-15-11)7-4-10(14)12(17-13)5-3-6-12/h4,7,11H,2-3,5-6,8-9H2,1H3. The highest BCUT2D eigenvalue weighted by molar-refractivity contribution is 5.98. The normalized spacial score (nSPS) is 39.6. The summed E-state index contributed by atoms with van der Waals surface area (Å²) in [5.74, 6) is -0.750. The predicted octanol–water partition coefficient (Wildman–Crippen LogP) is 1.59. The van der Waals surface area contributed by atoms with E-state index in [4.69, 9.17) is 14.2 Å². The molecule has 94 valence electrons. The third-order valence-electron chi connectivity index (χ3n) is 3.98. The highest BCUT2D eigenvalue weighted by Crippen LogP contribution is 2.45. The third-order valence-corrected chi connectivity index (χ3v) is 3.98. The average molecular weight is 238 g/mol. The second kappa shape index (κ2) is 3.90. The molecule has 4 heteroatoms. The average Bonchev–Trinajstić information content (AvgIpc) is 2.31. The molecule has 2 unspecified atom stereocenters. The van der Waals surface area contributed by atoms with Crippen LogP contribution in [-0.2, 0) is 19.0 Å². The Balaban J connectivity index is 1.91. The minimum absolute atomic E-state index is 0.0819. The van der Waals surface area contributed by atoms with E-state index < -0.39 is 11.4 Å². The molecule has 0 aromatic rings. The largest absolute Gasteiger partial charge is 0.370 e. The highest BCUT2D eigenvalue weighted by Gasteiger charge is 2.56. The van der Waals surface area contributed by atoms with Gasteiger partial charge in [0.05, 0.1) is 13.2 Å². The molecule has 17 heavy (non-hydrogen) atoms. The monoisotopic (exact) mass is 238 g/mol. The molecule has 1 saturated carbocycles. The van der Waals surface area contributed by atoms with Gasteiger partial charge in [-0.25, -0.2) is 0 Å². The minimum atomic E-state index is -0.832. The Morgan fingerprint density at radius 2 is 2.24 bits per heavy atom. The van der Waals surface area contributed by atoms with E-state index in [-0.39, 0.29) is 11.9 Å². The van der Waals surface area contributed by atoms with Gasteiger partial charge >= 0.3 is 0 Å². The fraction of sp³-hybridized carbons (Fsp3) is 0.769. The van der Waals surface area contributed by atoms with Crippen LogP contribution in [0, 0.1) is 0 Å². The molecule has 2 heterocycles. The van der Waals surface area contributed by atoms with E-state index in [1.165, 1.54) is 0 Å². The maximum absolute atomic E-state index is 11.9. The molecule has 3 aliphatic rings. The summed E-state index contributed by atoms with van der Waals surface area (Å²) >= 11 is 0. The summed E-state index contributed by atoms with van der Waals surface area (Å²) in [5.41, 5.74) is -0.622. The Morgan fingerprint density at radius 3 is 2.88 bits per heavy atom. The van der Waals surface area contributed by atoms with Crippen LogP contribution >= 0.6 is 0 Å². The zero-order valence-electron chi connectivity index (χ0n) is 10.1. The van der Waals surface area contributed by atoms with Gasteiger partial charge in [-0.1, -0.05) is 6.92 Å². The fourth-order valence-corrected chi connectivity index (χ4v) is 2.83. The van der Waals surface area contributed by atoms with Gasteiger partial charge in [0.15, 0.2) is 5.78 Å². The minimum Gasteiger partial charge on any atom is -0.370 e. The van der Waals surface area contributed by atoms with Gasteiger partial charge in [0.25, 0.3) is 0 Å². The molecule has 1 aliphatic carbocycles. The second-order valence-corrected chi connectivity index (χ2v) is 4.99. The quantitative estimate of drug-likeness (QED) is 0.696. The van der Waals surface area contributed by atoms with Crippen LogP contribution in [-0.4, -0.2) is 36.5 Å². The van der Waals surface area contributed by atoms with Gasteiger partial charge in [-0.15, -0.1) is 0 Å². The van der Waals surface area contributed by atoms with Crippen molar-refractivity contribution in [2.75, 3.05) is 13.2 Å². The van der Waals surface area contributed by atoms with Crippen molar-refractivity contribution in [2.45, 2.75) is 50.1 Å². The van der Waals surface area contributed by atoms with Crippen molar-refractivity contribution in [3.8, 4) is 0 Å². The summed E-state index contributed by atoms with van der Waals surface area (Å²) in [7, 11) is 0. The molecule has 0 aromatic heterocycles. The molecule has 2 fully saturated rings. The number of ether oxygens (including phenoxy) is 3. The van der Waals surface area contributed by atoms with Gasteiger partial charge in [-0.05, 0) is 37.8 Å². The first-order valence-electron chi connectivity index (χ1n) is 6.40. The molecule has 2 spiro atoms. The molecule has 0 aromatic carbocycles. The number of ketones is 1. The molecule has 1 saturated heterocycles. The topological polar surface area (TPSA) is 44.8 Å². The van der Waals surface area contributed by atoms with Crippen LogP contribution in [0.3, 0.4) is 0 Å². The Bertz CT molecular complexity index is 358. The van der Waals surface area contributed by atoms with E-state index in [9.17, 15) is 4.79 Å². The molecular formula is C13H18O4. The van der Waals surface area contributed by atoms with Gasteiger partial charge in [-0.2, -0.15) is 0 Å². The maximum atomic E-state index is 11.9. The smallest absolute Gasteiger partial charge is 0.216 e. The van der Waals surface area contributed by atoms with Crippen molar-refractivity contribution in [2.24, 2.45) is 0 Å². The summed E-state index contributed by atoms with van der Waals surface area (Å²) in [4.78, 5) is 11.9. The summed E-state index contributed by atoms with van der Waals surface area (Å²) in [6, 6.07) is 0. The van der Waals surface area contributed by atoms with Crippen LogP contribution in [0.15, 0.2) is 12.2 Å². The lowest BCUT2D eigenvalue weighted by Crippen LogP contribution is -2.62. The van der Waals surface area contributed by atoms with Crippen molar-refractivity contribution in [1.82, 2.24) is 0 Å². The van der Waals surface area contributed by atoms with Crippen molar-refractivity contribution in [3.63, 3.8) is 0 Å². The van der Waals surface area contributed by atoms with Gasteiger partial charge in [-0.3, -0.25) is 4.79 Å². The Kier molecular flexibility index (Phi) is 2.61. The van der Waals surface area contributed by atoms with E-state index in [0.717, 1.165) is 25.7 Å². The first kappa shape index (κ1) is 11.4.